The molecule has 0 radical (unpaired) electrons. The third kappa shape index (κ3) is 21.6. The Morgan fingerprint density at radius 2 is 0.400 bits per heavy atom. The van der Waals surface area contributed by atoms with Gasteiger partial charge in [-0.05, 0) is 269 Å². The number of aryl methyl sites for hydroxylation is 10. The first-order chi connectivity index (χ1) is 55.2. The number of hydrogen-bond donors (Lipinski definition) is 0. The van der Waals surface area contributed by atoms with Crippen molar-refractivity contribution in [2.24, 2.45) is 0 Å². The molecule has 0 bridgehead atoms. The van der Waals surface area contributed by atoms with Gasteiger partial charge >= 0.3 is 0 Å². The highest BCUT2D eigenvalue weighted by Crippen LogP contribution is 2.43. The summed E-state index contributed by atoms with van der Waals surface area (Å²) in [7, 11) is 0. The van der Waals surface area contributed by atoms with Crippen molar-refractivity contribution in [1.29, 1.82) is 0 Å². The number of anilines is 15. The van der Waals surface area contributed by atoms with Crippen molar-refractivity contribution in [2.45, 2.75) is 69.2 Å². The molecule has 15 heteroatoms. The Bertz CT molecular complexity index is 5280. The van der Waals surface area contributed by atoms with E-state index in [9.17, 15) is 43.9 Å². The van der Waals surface area contributed by atoms with E-state index in [1.165, 1.54) is 66.7 Å². The standard InChI is InChI=1S/5C20H17F2N/c1-14-3-8-17(9-4-14)23(18-10-6-16(21)7-11-18)20-12-5-15(2)13-19(20)22;1-14-3-8-17(9-4-14)23(18-10-5-15(2)6-11-18)20-12-7-16(21)13-19(20)22;1-14-3-7-18(8-4-14)23(19-9-5-15(2)6-10-19)20-12-16(21)11-17(22)13-20;1-14-6-10-16(11-7-14)23(17-12-8-15(2)9-13-17)19-5-3-4-18(21)20(19)22;1-14-6-10-16(11-7-14)23(17-12-8-15(2)9-13-17)20-18(21)4-3-5-19(20)22/h5*3-13H,1-2H3. The molecule has 0 saturated heterocycles. The van der Waals surface area contributed by atoms with E-state index in [-0.39, 0.29) is 23.0 Å². The Morgan fingerprint density at radius 3 is 0.713 bits per heavy atom. The fraction of sp³-hybridized carbons (Fsp3) is 0.100. The number of para-hydroxylation sites is 1. The Hall–Kier alpha value is -13.4. The van der Waals surface area contributed by atoms with Gasteiger partial charge in [-0.3, -0.25) is 0 Å². The summed E-state index contributed by atoms with van der Waals surface area (Å²) in [6, 6.07) is 96.1. The molecule has 0 unspecified atom stereocenters. The molecule has 0 N–H and O–H groups in total. The van der Waals surface area contributed by atoms with Gasteiger partial charge in [-0.15, -0.1) is 0 Å². The SMILES string of the molecule is Cc1ccc(N(c2ccc(C)cc2)c2c(F)cccc2F)cc1.Cc1ccc(N(c2ccc(C)cc2)c2cc(F)cc(F)c2)cc1.Cc1ccc(N(c2ccc(C)cc2)c2ccc(F)cc2F)cc1.Cc1ccc(N(c2ccc(C)cc2)c2cccc(F)c2F)cc1.Cc1ccc(N(c2ccc(F)cc2)c2ccc(C)cc2F)cc1. The summed E-state index contributed by atoms with van der Waals surface area (Å²) in [6.07, 6.45) is 0. The van der Waals surface area contributed by atoms with Gasteiger partial charge in [0.1, 0.15) is 52.2 Å². The molecule has 0 spiro atoms. The lowest BCUT2D eigenvalue weighted by Crippen LogP contribution is -2.13. The minimum absolute atomic E-state index is 0.0693. The molecule has 0 aromatic heterocycles. The summed E-state index contributed by atoms with van der Waals surface area (Å²) in [5, 5.41) is 0. The Labute approximate surface area is 666 Å². The molecule has 0 heterocycles. The molecule has 0 aliphatic carbocycles. The molecule has 0 aliphatic rings. The van der Waals surface area contributed by atoms with Gasteiger partial charge in [-0.1, -0.05) is 177 Å². The minimum atomic E-state index is -0.855. The first-order valence-corrected chi connectivity index (χ1v) is 37.2. The van der Waals surface area contributed by atoms with Crippen LogP contribution in [0.15, 0.2) is 334 Å². The molecular formula is C100H85F10N5. The monoisotopic (exact) mass is 1550 g/mol. The molecule has 580 valence electrons. The van der Waals surface area contributed by atoms with Gasteiger partial charge in [0.15, 0.2) is 11.6 Å². The number of benzene rings is 15. The summed E-state index contributed by atoms with van der Waals surface area (Å²) >= 11 is 0. The smallest absolute Gasteiger partial charge is 0.182 e. The molecule has 0 aliphatic heterocycles. The van der Waals surface area contributed by atoms with Crippen molar-refractivity contribution in [2.75, 3.05) is 24.5 Å². The maximum absolute atomic E-state index is 14.5. The normalized spacial score (nSPS) is 10.6. The van der Waals surface area contributed by atoms with Crippen molar-refractivity contribution in [3.05, 3.63) is 447 Å². The predicted molar refractivity (Wildman–Crippen MR) is 453 cm³/mol. The van der Waals surface area contributed by atoms with E-state index in [0.29, 0.717) is 34.1 Å². The lowest BCUT2D eigenvalue weighted by Gasteiger charge is -2.26. The van der Waals surface area contributed by atoms with E-state index in [2.05, 4.69) is 0 Å². The fourth-order valence-electron chi connectivity index (χ4n) is 12.5. The predicted octanol–water partition coefficient (Wildman–Crippen LogP) is 30.3. The van der Waals surface area contributed by atoms with E-state index in [1.807, 2.05) is 299 Å². The van der Waals surface area contributed by atoms with Crippen LogP contribution < -0.4 is 24.5 Å². The molecule has 15 aromatic carbocycles. The molecule has 0 fully saturated rings. The van der Waals surface area contributed by atoms with Gasteiger partial charge in [0.2, 0.25) is 0 Å². The first kappa shape index (κ1) is 82.6. The zero-order chi connectivity index (χ0) is 82.0. The van der Waals surface area contributed by atoms with E-state index >= 15 is 0 Å². The van der Waals surface area contributed by atoms with Crippen molar-refractivity contribution in [3.63, 3.8) is 0 Å². The summed E-state index contributed by atoms with van der Waals surface area (Å²) in [5.74, 6) is -5.88. The second-order valence-electron chi connectivity index (χ2n) is 28.0. The van der Waals surface area contributed by atoms with Crippen molar-refractivity contribution >= 4 is 85.3 Å². The zero-order valence-corrected chi connectivity index (χ0v) is 65.3. The summed E-state index contributed by atoms with van der Waals surface area (Å²) < 4.78 is 139. The first-order valence-electron chi connectivity index (χ1n) is 37.2. The van der Waals surface area contributed by atoms with Gasteiger partial charge in [0, 0.05) is 69.0 Å². The average molecular weight is 1550 g/mol. The van der Waals surface area contributed by atoms with Crippen LogP contribution in [0.25, 0.3) is 0 Å². The number of hydrogen-bond acceptors (Lipinski definition) is 5. The van der Waals surface area contributed by atoms with E-state index < -0.39 is 46.5 Å². The molecule has 0 saturated carbocycles. The average Bonchev–Trinajstić information content (AvgIpc) is 0.810. The van der Waals surface area contributed by atoms with Crippen molar-refractivity contribution in [1.82, 2.24) is 0 Å². The maximum atomic E-state index is 14.5. The zero-order valence-electron chi connectivity index (χ0n) is 65.3. The van der Waals surface area contributed by atoms with Crippen molar-refractivity contribution < 1.29 is 43.9 Å². The van der Waals surface area contributed by atoms with E-state index in [0.717, 1.165) is 114 Å². The van der Waals surface area contributed by atoms with Crippen LogP contribution in [0.1, 0.15) is 55.6 Å². The lowest BCUT2D eigenvalue weighted by molar-refractivity contribution is 0.510. The molecule has 5 nitrogen and oxygen atoms in total. The van der Waals surface area contributed by atoms with Crippen LogP contribution in [-0.2, 0) is 0 Å². The highest BCUT2D eigenvalue weighted by molar-refractivity contribution is 5.82. The maximum Gasteiger partial charge on any atom is 0.182 e. The van der Waals surface area contributed by atoms with Gasteiger partial charge in [-0.25, -0.2) is 43.9 Å². The van der Waals surface area contributed by atoms with E-state index in [4.69, 9.17) is 0 Å². The molecule has 15 rings (SSSR count). The quantitative estimate of drug-likeness (QED) is 0.0948. The van der Waals surface area contributed by atoms with Crippen LogP contribution in [0.5, 0.6) is 0 Å². The summed E-state index contributed by atoms with van der Waals surface area (Å²) in [4.78, 5) is 8.73. The second-order valence-corrected chi connectivity index (χ2v) is 28.0. The van der Waals surface area contributed by atoms with Gasteiger partial charge < -0.3 is 24.5 Å². The third-order valence-electron chi connectivity index (χ3n) is 18.6. The molecule has 115 heavy (non-hydrogen) atoms. The Morgan fingerprint density at radius 1 is 0.157 bits per heavy atom. The number of nitrogens with zero attached hydrogens (tertiary/aromatic N) is 5. The number of halogens is 10. The fourth-order valence-corrected chi connectivity index (χ4v) is 12.5. The van der Waals surface area contributed by atoms with Crippen LogP contribution in [0.3, 0.4) is 0 Å². The topological polar surface area (TPSA) is 16.2 Å². The van der Waals surface area contributed by atoms with Gasteiger partial charge in [0.05, 0.1) is 22.7 Å². The van der Waals surface area contributed by atoms with Crippen LogP contribution in [0.4, 0.5) is 129 Å². The molecular weight excluding hydrogens is 1460 g/mol. The minimum Gasteiger partial charge on any atom is -0.310 e. The van der Waals surface area contributed by atoms with Crippen LogP contribution in [0, 0.1) is 127 Å². The largest absolute Gasteiger partial charge is 0.310 e. The molecule has 0 atom stereocenters. The third-order valence-corrected chi connectivity index (χ3v) is 18.6. The summed E-state index contributed by atoms with van der Waals surface area (Å²) in [6.45, 7) is 19.8. The molecule has 0 amide bonds. The van der Waals surface area contributed by atoms with Crippen molar-refractivity contribution in [3.8, 4) is 0 Å². The van der Waals surface area contributed by atoms with Gasteiger partial charge in [-0.2, -0.15) is 0 Å². The highest BCUT2D eigenvalue weighted by Gasteiger charge is 2.24. The van der Waals surface area contributed by atoms with Gasteiger partial charge in [0.25, 0.3) is 0 Å². The Kier molecular flexibility index (Phi) is 27.4. The highest BCUT2D eigenvalue weighted by atomic mass is 19.2. The summed E-state index contributed by atoms with van der Waals surface area (Å²) in [5.41, 5.74) is 20.1. The molecule has 15 aromatic rings. The lowest BCUT2D eigenvalue weighted by atomic mass is 10.1. The van der Waals surface area contributed by atoms with Crippen LogP contribution in [0.2, 0.25) is 0 Å². The van der Waals surface area contributed by atoms with Crippen LogP contribution >= 0.6 is 0 Å². The Balaban J connectivity index is 0.000000142. The van der Waals surface area contributed by atoms with E-state index in [1.54, 1.807) is 43.9 Å². The second kappa shape index (κ2) is 38.2. The number of rotatable bonds is 15. The van der Waals surface area contributed by atoms with Crippen LogP contribution in [-0.4, -0.2) is 0 Å².